The van der Waals surface area contributed by atoms with Crippen LogP contribution in [0.2, 0.25) is 0 Å². The fourth-order valence-electron chi connectivity index (χ4n) is 0.185. The Morgan fingerprint density at radius 1 is 2.00 bits per heavy atom. The van der Waals surface area contributed by atoms with Crippen LogP contribution in [0.1, 0.15) is 0 Å². The highest BCUT2D eigenvalue weighted by molar-refractivity contribution is 8.14. The van der Waals surface area contributed by atoms with Gasteiger partial charge >= 0.3 is 5.24 Å². The molecular formula is C3H7NO3S2. The summed E-state index contributed by atoms with van der Waals surface area (Å²) in [5.41, 5.74) is 0. The molecule has 0 saturated heterocycles. The molecule has 0 unspecified atom stereocenters. The zero-order valence-electron chi connectivity index (χ0n) is 4.77. The van der Waals surface area contributed by atoms with Crippen molar-refractivity contribution in [2.45, 2.75) is 0 Å². The number of carbonyl (C=O) groups excluding carboxylic acids is 1. The summed E-state index contributed by atoms with van der Waals surface area (Å²) in [5, 5.41) is 7.77. The van der Waals surface area contributed by atoms with E-state index in [1.165, 1.54) is 7.11 Å². The molecule has 0 atom stereocenters. The summed E-state index contributed by atoms with van der Waals surface area (Å²) in [4.78, 5) is 14.9. The molecule has 0 aliphatic carbocycles. The minimum atomic E-state index is -0.441. The molecule has 0 fully saturated rings. The second-order valence-corrected chi connectivity index (χ2v) is 2.25. The van der Waals surface area contributed by atoms with Crippen LogP contribution in [0.4, 0.5) is 4.79 Å². The summed E-state index contributed by atoms with van der Waals surface area (Å²) in [5.74, 6) is -0.265. The van der Waals surface area contributed by atoms with Crippen molar-refractivity contribution in [1.29, 1.82) is 0 Å². The number of hydrogen-bond acceptors (Lipinski definition) is 5. The summed E-state index contributed by atoms with van der Waals surface area (Å²) < 4.78 is 0.737. The third-order valence-electron chi connectivity index (χ3n) is 0.517. The van der Waals surface area contributed by atoms with Gasteiger partial charge in [0, 0.05) is 0 Å². The van der Waals surface area contributed by atoms with Gasteiger partial charge in [-0.2, -0.15) is 4.47 Å². The number of aliphatic hydroxyl groups is 1. The van der Waals surface area contributed by atoms with E-state index in [2.05, 4.69) is 17.7 Å². The van der Waals surface area contributed by atoms with Crippen molar-refractivity contribution >= 4 is 29.8 Å². The Morgan fingerprint density at radius 3 is 2.89 bits per heavy atom. The average molecular weight is 169 g/mol. The fraction of sp³-hybridized carbons (Fsp3) is 0.667. The maximum absolute atomic E-state index is 10.5. The highest BCUT2D eigenvalue weighted by Crippen LogP contribution is 2.08. The van der Waals surface area contributed by atoms with Crippen molar-refractivity contribution in [3.05, 3.63) is 0 Å². The zero-order chi connectivity index (χ0) is 7.28. The molecule has 0 saturated carbocycles. The molecule has 0 aromatic rings. The fourth-order valence-corrected chi connectivity index (χ4v) is 0.654. The van der Waals surface area contributed by atoms with Crippen LogP contribution >= 0.6 is 24.6 Å². The third kappa shape index (κ3) is 3.63. The quantitative estimate of drug-likeness (QED) is 0.359. The molecule has 1 N–H and O–H groups in total. The van der Waals surface area contributed by atoms with Gasteiger partial charge in [0.15, 0.2) is 0 Å². The van der Waals surface area contributed by atoms with Crippen molar-refractivity contribution in [3.8, 4) is 0 Å². The van der Waals surface area contributed by atoms with Crippen LogP contribution in [0.5, 0.6) is 0 Å². The van der Waals surface area contributed by atoms with E-state index in [0.29, 0.717) is 11.8 Å². The average Bonchev–Trinajstić information content (AvgIpc) is 1.87. The van der Waals surface area contributed by atoms with Gasteiger partial charge in [-0.3, -0.25) is 9.63 Å². The van der Waals surface area contributed by atoms with Gasteiger partial charge in [-0.1, -0.05) is 0 Å². The lowest BCUT2D eigenvalue weighted by molar-refractivity contribution is 0.0123. The number of rotatable bonds is 2. The molecule has 0 aliphatic heterocycles. The van der Waals surface area contributed by atoms with Crippen LogP contribution in [0, 0.1) is 0 Å². The topological polar surface area (TPSA) is 49.8 Å². The molecule has 0 bridgehead atoms. The first-order chi connectivity index (χ1) is 4.22. The third-order valence-corrected chi connectivity index (χ3v) is 1.54. The summed E-state index contributed by atoms with van der Waals surface area (Å²) in [6.45, 7) is 0. The van der Waals surface area contributed by atoms with Crippen molar-refractivity contribution in [3.63, 3.8) is 0 Å². The lowest BCUT2D eigenvalue weighted by atomic mass is 11.4. The van der Waals surface area contributed by atoms with E-state index >= 15 is 0 Å². The van der Waals surface area contributed by atoms with Gasteiger partial charge in [-0.05, 0) is 24.6 Å². The molecule has 1 amide bonds. The Labute approximate surface area is 62.7 Å². The van der Waals surface area contributed by atoms with Crippen molar-refractivity contribution < 1.29 is 14.7 Å². The van der Waals surface area contributed by atoms with E-state index in [1.807, 2.05) is 0 Å². The predicted octanol–water partition coefficient (Wildman–Crippen LogP) is 0.498. The molecule has 0 spiro atoms. The van der Waals surface area contributed by atoms with Gasteiger partial charge < -0.3 is 5.11 Å². The Bertz CT molecular complexity index is 99.1. The van der Waals surface area contributed by atoms with E-state index in [1.54, 1.807) is 0 Å². The maximum atomic E-state index is 10.5. The van der Waals surface area contributed by atoms with E-state index < -0.39 is 5.24 Å². The Morgan fingerprint density at radius 2 is 2.56 bits per heavy atom. The first kappa shape index (κ1) is 9.09. The number of hydroxylamine groups is 1. The van der Waals surface area contributed by atoms with Crippen LogP contribution < -0.4 is 0 Å². The molecule has 4 nitrogen and oxygen atoms in total. The Kier molecular flexibility index (Phi) is 4.97. The van der Waals surface area contributed by atoms with Gasteiger partial charge in [-0.25, -0.2) is 0 Å². The van der Waals surface area contributed by atoms with E-state index in [-0.39, 0.29) is 5.94 Å². The summed E-state index contributed by atoms with van der Waals surface area (Å²) in [6.07, 6.45) is 0. The van der Waals surface area contributed by atoms with Crippen LogP contribution in [0.25, 0.3) is 0 Å². The van der Waals surface area contributed by atoms with Gasteiger partial charge in [-0.15, -0.1) is 0 Å². The molecule has 9 heavy (non-hydrogen) atoms. The second-order valence-electron chi connectivity index (χ2n) is 0.995. The molecule has 0 heterocycles. The molecule has 0 radical (unpaired) electrons. The van der Waals surface area contributed by atoms with Gasteiger partial charge in [0.2, 0.25) is 0 Å². The number of aliphatic hydroxyl groups excluding tert-OH is 1. The highest BCUT2D eigenvalue weighted by Gasteiger charge is 2.07. The minimum Gasteiger partial charge on any atom is -0.385 e. The van der Waals surface area contributed by atoms with E-state index in [4.69, 9.17) is 5.11 Å². The molecule has 0 rings (SSSR count). The normalized spacial score (nSPS) is 9.22. The summed E-state index contributed by atoms with van der Waals surface area (Å²) in [6, 6.07) is 0. The van der Waals surface area contributed by atoms with Crippen LogP contribution in [-0.2, 0) is 4.84 Å². The largest absolute Gasteiger partial charge is 0.385 e. The number of thioether (sulfide) groups is 1. The zero-order valence-corrected chi connectivity index (χ0v) is 6.48. The number of carbonyl (C=O) groups is 1. The van der Waals surface area contributed by atoms with Crippen LogP contribution in [0.15, 0.2) is 0 Å². The van der Waals surface area contributed by atoms with Crippen molar-refractivity contribution in [1.82, 2.24) is 4.47 Å². The Hall–Kier alpha value is 0.0900. The lowest BCUT2D eigenvalue weighted by Crippen LogP contribution is -2.15. The molecule has 0 aliphatic rings. The first-order valence-electron chi connectivity index (χ1n) is 2.03. The maximum Gasteiger partial charge on any atom is 0.317 e. The predicted molar refractivity (Wildman–Crippen MR) is 37.9 cm³/mol. The van der Waals surface area contributed by atoms with Crippen LogP contribution in [-0.4, -0.2) is 27.9 Å². The van der Waals surface area contributed by atoms with Gasteiger partial charge in [0.25, 0.3) is 0 Å². The molecule has 6 heteroatoms. The van der Waals surface area contributed by atoms with Crippen molar-refractivity contribution in [2.75, 3.05) is 13.0 Å². The van der Waals surface area contributed by atoms with E-state index in [9.17, 15) is 4.79 Å². The van der Waals surface area contributed by atoms with Crippen molar-refractivity contribution in [2.24, 2.45) is 0 Å². The monoisotopic (exact) mass is 169 g/mol. The standard InChI is InChI=1S/C3H7NO3S2/c1-7-4(8)3(6)9-2-5/h5,8H,2H2,1H3. The Balaban J connectivity index is 3.46. The van der Waals surface area contributed by atoms with Crippen LogP contribution in [0.3, 0.4) is 0 Å². The smallest absolute Gasteiger partial charge is 0.317 e. The van der Waals surface area contributed by atoms with Gasteiger partial charge in [0.05, 0.1) is 13.0 Å². The number of hydrogen-bond donors (Lipinski definition) is 2. The SMILES string of the molecule is CON(S)C(=O)SCO. The second kappa shape index (κ2) is 4.92. The first-order valence-corrected chi connectivity index (χ1v) is 3.41. The number of amides is 1. The molecular weight excluding hydrogens is 162 g/mol. The highest BCUT2D eigenvalue weighted by atomic mass is 32.2. The van der Waals surface area contributed by atoms with Gasteiger partial charge in [0.1, 0.15) is 0 Å². The lowest BCUT2D eigenvalue weighted by Gasteiger charge is -2.08. The number of thiol groups is 1. The molecule has 0 aromatic heterocycles. The number of nitrogens with zero attached hydrogens (tertiary/aromatic N) is 1. The molecule has 54 valence electrons. The minimum absolute atomic E-state index is 0.265. The van der Waals surface area contributed by atoms with E-state index in [0.717, 1.165) is 4.47 Å². The molecule has 0 aromatic carbocycles. The summed E-state index contributed by atoms with van der Waals surface area (Å²) >= 11 is 4.29. The summed E-state index contributed by atoms with van der Waals surface area (Å²) in [7, 11) is 1.31.